The SMILES string of the molecule is CC(CCC(C)[PH](=O)O)[PH](=O)O.[Zn]. The van der Waals surface area contributed by atoms with Gasteiger partial charge < -0.3 is 9.79 Å². The Labute approximate surface area is 92.6 Å². The summed E-state index contributed by atoms with van der Waals surface area (Å²) in [6.07, 6.45) is 1.10. The Bertz CT molecular complexity index is 167. The summed E-state index contributed by atoms with van der Waals surface area (Å²) in [6, 6.07) is 0. The van der Waals surface area contributed by atoms with Crippen LogP contribution in [0.3, 0.4) is 0 Å². The van der Waals surface area contributed by atoms with Crippen LogP contribution in [0.2, 0.25) is 0 Å². The maximum absolute atomic E-state index is 10.5. The Kier molecular flexibility index (Phi) is 10.5. The molecule has 4 unspecified atom stereocenters. The second-order valence-corrected chi connectivity index (χ2v) is 6.38. The molecule has 0 rings (SSSR count). The largest absolute Gasteiger partial charge is 0.346 e. The van der Waals surface area contributed by atoms with Crippen LogP contribution in [-0.4, -0.2) is 21.1 Å². The molecule has 0 aliphatic carbocycles. The van der Waals surface area contributed by atoms with Crippen molar-refractivity contribution >= 4 is 16.1 Å². The number of hydrogen-bond donors (Lipinski definition) is 2. The second kappa shape index (κ2) is 8.32. The molecular formula is C6H16O4P2Zn. The molecule has 0 aromatic carbocycles. The van der Waals surface area contributed by atoms with E-state index in [1.807, 2.05) is 0 Å². The van der Waals surface area contributed by atoms with Crippen molar-refractivity contribution < 1.29 is 38.4 Å². The van der Waals surface area contributed by atoms with Crippen molar-refractivity contribution in [2.75, 3.05) is 0 Å². The molecule has 0 saturated carbocycles. The third-order valence-electron chi connectivity index (χ3n) is 1.88. The van der Waals surface area contributed by atoms with Crippen LogP contribution in [0.5, 0.6) is 0 Å². The average molecular weight is 280 g/mol. The van der Waals surface area contributed by atoms with E-state index < -0.39 is 16.1 Å². The van der Waals surface area contributed by atoms with E-state index in [9.17, 15) is 9.13 Å². The first-order chi connectivity index (χ1) is 5.45. The predicted octanol–water partition coefficient (Wildman–Crippen LogP) is 1.48. The molecule has 4 atom stereocenters. The molecule has 0 heterocycles. The van der Waals surface area contributed by atoms with Crippen molar-refractivity contribution in [2.24, 2.45) is 0 Å². The third-order valence-corrected chi connectivity index (χ3v) is 4.14. The summed E-state index contributed by atoms with van der Waals surface area (Å²) in [5.41, 5.74) is -0.474. The van der Waals surface area contributed by atoms with E-state index in [4.69, 9.17) is 9.79 Å². The molecule has 0 aliphatic rings. The van der Waals surface area contributed by atoms with Gasteiger partial charge in [0.1, 0.15) is 0 Å². The Morgan fingerprint density at radius 2 is 1.23 bits per heavy atom. The van der Waals surface area contributed by atoms with E-state index in [-0.39, 0.29) is 30.8 Å². The van der Waals surface area contributed by atoms with Crippen molar-refractivity contribution in [3.05, 3.63) is 0 Å². The third kappa shape index (κ3) is 8.03. The van der Waals surface area contributed by atoms with Crippen LogP contribution in [0, 0.1) is 0 Å². The summed E-state index contributed by atoms with van der Waals surface area (Å²) in [7, 11) is -4.91. The molecule has 0 aliphatic heterocycles. The monoisotopic (exact) mass is 278 g/mol. The summed E-state index contributed by atoms with van der Waals surface area (Å²) in [5.74, 6) is 0. The second-order valence-electron chi connectivity index (χ2n) is 3.06. The van der Waals surface area contributed by atoms with Gasteiger partial charge in [0.2, 0.25) is 0 Å². The van der Waals surface area contributed by atoms with E-state index in [1.54, 1.807) is 13.8 Å². The molecule has 0 fully saturated rings. The van der Waals surface area contributed by atoms with Crippen molar-refractivity contribution in [1.82, 2.24) is 0 Å². The summed E-state index contributed by atoms with van der Waals surface area (Å²) in [4.78, 5) is 17.4. The standard InChI is InChI=1S/C6H16O4P2.Zn/c1-5(11(7)8)3-4-6(2)12(9)10;/h5-6,11-12H,3-4H2,1-2H3,(H,7,8)(H,9,10);. The van der Waals surface area contributed by atoms with Crippen LogP contribution in [0.4, 0.5) is 0 Å². The first-order valence-electron chi connectivity index (χ1n) is 3.90. The first kappa shape index (κ1) is 16.4. The summed E-state index contributed by atoms with van der Waals surface area (Å²) in [5, 5.41) is 0. The summed E-state index contributed by atoms with van der Waals surface area (Å²) >= 11 is 0. The van der Waals surface area contributed by atoms with E-state index in [0.717, 1.165) is 0 Å². The van der Waals surface area contributed by atoms with Gasteiger partial charge in [0, 0.05) is 30.8 Å². The summed E-state index contributed by atoms with van der Waals surface area (Å²) < 4.78 is 21.1. The van der Waals surface area contributed by atoms with E-state index in [1.165, 1.54) is 0 Å². The molecule has 13 heavy (non-hydrogen) atoms. The van der Waals surface area contributed by atoms with Crippen LogP contribution in [0.15, 0.2) is 0 Å². The molecule has 0 amide bonds. The number of hydrogen-bond acceptors (Lipinski definition) is 2. The molecule has 0 aromatic heterocycles. The fourth-order valence-corrected chi connectivity index (χ4v) is 1.57. The molecule has 7 heteroatoms. The van der Waals surface area contributed by atoms with Gasteiger partial charge in [-0.15, -0.1) is 0 Å². The molecule has 76 valence electrons. The van der Waals surface area contributed by atoms with Gasteiger partial charge in [0.25, 0.3) is 0 Å². The molecule has 0 aromatic rings. The number of rotatable bonds is 5. The van der Waals surface area contributed by atoms with Crippen LogP contribution in [0.25, 0.3) is 0 Å². The van der Waals surface area contributed by atoms with E-state index in [0.29, 0.717) is 12.8 Å². The first-order valence-corrected chi connectivity index (χ1v) is 6.77. The van der Waals surface area contributed by atoms with Gasteiger partial charge in [-0.3, -0.25) is 9.13 Å². The van der Waals surface area contributed by atoms with Crippen molar-refractivity contribution in [3.63, 3.8) is 0 Å². The van der Waals surface area contributed by atoms with Gasteiger partial charge in [-0.25, -0.2) is 0 Å². The Hall–Kier alpha value is 1.00. The van der Waals surface area contributed by atoms with Crippen molar-refractivity contribution in [2.45, 2.75) is 38.0 Å². The van der Waals surface area contributed by atoms with Gasteiger partial charge >= 0.3 is 0 Å². The molecule has 0 bridgehead atoms. The zero-order valence-corrected chi connectivity index (χ0v) is 13.0. The molecule has 0 radical (unpaired) electrons. The minimum atomic E-state index is -2.46. The van der Waals surface area contributed by atoms with Crippen molar-refractivity contribution in [3.8, 4) is 0 Å². The van der Waals surface area contributed by atoms with Crippen molar-refractivity contribution in [1.29, 1.82) is 0 Å². The van der Waals surface area contributed by atoms with Gasteiger partial charge in [0.05, 0.1) is 0 Å². The van der Waals surface area contributed by atoms with Crippen LogP contribution >= 0.6 is 16.1 Å². The topological polar surface area (TPSA) is 74.6 Å². The van der Waals surface area contributed by atoms with Crippen LogP contribution < -0.4 is 0 Å². The smallest absolute Gasteiger partial charge is 0.191 e. The molecule has 0 saturated heterocycles. The minimum Gasteiger partial charge on any atom is -0.346 e. The Morgan fingerprint density at radius 1 is 1.00 bits per heavy atom. The quantitative estimate of drug-likeness (QED) is 0.590. The van der Waals surface area contributed by atoms with Gasteiger partial charge in [0.15, 0.2) is 16.1 Å². The minimum absolute atomic E-state index is 0. The van der Waals surface area contributed by atoms with Gasteiger partial charge in [-0.2, -0.15) is 0 Å². The Balaban J connectivity index is 0. The molecular weight excluding hydrogens is 263 g/mol. The van der Waals surface area contributed by atoms with Gasteiger partial charge in [-0.05, 0) is 12.8 Å². The molecule has 0 spiro atoms. The zero-order chi connectivity index (χ0) is 9.72. The Morgan fingerprint density at radius 3 is 1.38 bits per heavy atom. The summed E-state index contributed by atoms with van der Waals surface area (Å²) in [6.45, 7) is 3.37. The fraction of sp³-hybridized carbons (Fsp3) is 1.00. The predicted molar refractivity (Wildman–Crippen MR) is 50.6 cm³/mol. The molecule has 4 nitrogen and oxygen atoms in total. The van der Waals surface area contributed by atoms with E-state index >= 15 is 0 Å². The van der Waals surface area contributed by atoms with E-state index in [2.05, 4.69) is 0 Å². The van der Waals surface area contributed by atoms with Gasteiger partial charge in [-0.1, -0.05) is 13.8 Å². The normalized spacial score (nSPS) is 19.7. The average Bonchev–Trinajstić information content (AvgIpc) is 1.98. The zero-order valence-electron chi connectivity index (χ0n) is 7.99. The maximum atomic E-state index is 10.5. The fourth-order valence-electron chi connectivity index (χ4n) is 0.747. The van der Waals surface area contributed by atoms with Crippen LogP contribution in [0.1, 0.15) is 26.7 Å². The van der Waals surface area contributed by atoms with Crippen LogP contribution in [-0.2, 0) is 28.6 Å². The maximum Gasteiger partial charge on any atom is 0.191 e. The molecule has 2 N–H and O–H groups in total.